The van der Waals surface area contributed by atoms with Gasteiger partial charge < -0.3 is 0 Å². The lowest BCUT2D eigenvalue weighted by Gasteiger charge is -2.54. The Morgan fingerprint density at radius 2 is 1.71 bits per heavy atom. The Labute approximate surface area is 206 Å². The average Bonchev–Trinajstić information content (AvgIpc) is 3.41. The topological polar surface area (TPSA) is 71.0 Å². The van der Waals surface area contributed by atoms with Crippen molar-refractivity contribution in [1.29, 1.82) is 0 Å². The zero-order valence-electron chi connectivity index (χ0n) is 21.7. The molecule has 2 aliphatic heterocycles. The lowest BCUT2D eigenvalue weighted by atomic mass is 9.58. The fraction of sp³-hybridized carbons (Fsp3) is 0.464. The van der Waals surface area contributed by atoms with Crippen LogP contribution >= 0.6 is 0 Å². The highest BCUT2D eigenvalue weighted by Gasteiger charge is 2.57. The third kappa shape index (κ3) is 2.67. The highest BCUT2D eigenvalue weighted by Crippen LogP contribution is 2.54. The SMILES string of the molecule is CCN(CC)C1(C)N=C(C)C2(C)N=c3c(nn4c(-c5ccccc5)nnc34)C3(C)C=CC(C)C1=C23. The lowest BCUT2D eigenvalue weighted by molar-refractivity contribution is 0.142. The van der Waals surface area contributed by atoms with Crippen LogP contribution in [0.4, 0.5) is 0 Å². The molecule has 1 aliphatic carbocycles. The van der Waals surface area contributed by atoms with Crippen LogP contribution in [0.25, 0.3) is 17.0 Å². The maximum absolute atomic E-state index is 5.40. The van der Waals surface area contributed by atoms with E-state index in [2.05, 4.69) is 75.7 Å². The number of hydrogen-bond acceptors (Lipinski definition) is 6. The molecule has 0 saturated carbocycles. The highest BCUT2D eigenvalue weighted by atomic mass is 15.4. The van der Waals surface area contributed by atoms with Crippen LogP contribution in [0.5, 0.6) is 0 Å². The maximum atomic E-state index is 5.40. The first kappa shape index (κ1) is 22.3. The van der Waals surface area contributed by atoms with Crippen molar-refractivity contribution in [2.24, 2.45) is 15.9 Å². The molecule has 3 aromatic rings. The summed E-state index contributed by atoms with van der Waals surface area (Å²) in [7, 11) is 0. The fourth-order valence-corrected chi connectivity index (χ4v) is 6.77. The Morgan fingerprint density at radius 1 is 1.00 bits per heavy atom. The molecule has 35 heavy (non-hydrogen) atoms. The van der Waals surface area contributed by atoms with Gasteiger partial charge in [0.2, 0.25) is 5.65 Å². The molecule has 7 heteroatoms. The van der Waals surface area contributed by atoms with Gasteiger partial charge in [-0.15, -0.1) is 10.2 Å². The van der Waals surface area contributed by atoms with Gasteiger partial charge in [-0.1, -0.05) is 63.3 Å². The van der Waals surface area contributed by atoms with Crippen LogP contribution in [0.2, 0.25) is 0 Å². The van der Waals surface area contributed by atoms with E-state index in [9.17, 15) is 0 Å². The minimum atomic E-state index is -0.557. The van der Waals surface area contributed by atoms with Gasteiger partial charge in [0.15, 0.2) is 5.82 Å². The Hall–Kier alpha value is -3.19. The van der Waals surface area contributed by atoms with Crippen LogP contribution in [0.1, 0.15) is 54.2 Å². The molecule has 0 N–H and O–H groups in total. The molecule has 4 atom stereocenters. The molecule has 7 nitrogen and oxygen atoms in total. The molecule has 0 radical (unpaired) electrons. The Balaban J connectivity index is 1.69. The summed E-state index contributed by atoms with van der Waals surface area (Å²) >= 11 is 0. The number of allylic oxidation sites excluding steroid dienone is 2. The first-order chi connectivity index (χ1) is 16.7. The predicted octanol–water partition coefficient (Wildman–Crippen LogP) is 4.19. The second-order valence-electron chi connectivity index (χ2n) is 10.5. The van der Waals surface area contributed by atoms with Crippen molar-refractivity contribution in [3.8, 4) is 11.4 Å². The summed E-state index contributed by atoms with van der Waals surface area (Å²) in [5.41, 5.74) is 4.98. The van der Waals surface area contributed by atoms with Gasteiger partial charge in [-0.3, -0.25) is 14.9 Å². The van der Waals surface area contributed by atoms with Gasteiger partial charge in [-0.05, 0) is 57.8 Å². The minimum absolute atomic E-state index is 0.261. The summed E-state index contributed by atoms with van der Waals surface area (Å²) in [4.78, 5) is 13.3. The average molecular weight is 468 g/mol. The molecule has 4 heterocycles. The summed E-state index contributed by atoms with van der Waals surface area (Å²) in [5.74, 6) is 1.000. The van der Waals surface area contributed by atoms with Crippen LogP contribution in [-0.2, 0) is 5.41 Å². The zero-order valence-corrected chi connectivity index (χ0v) is 21.7. The van der Waals surface area contributed by atoms with Crippen LogP contribution in [-0.4, -0.2) is 54.7 Å². The largest absolute Gasteiger partial charge is 0.277 e. The Bertz CT molecular complexity index is 1490. The zero-order chi connectivity index (χ0) is 24.8. The molecule has 0 fully saturated rings. The third-order valence-corrected chi connectivity index (χ3v) is 8.56. The quantitative estimate of drug-likeness (QED) is 0.540. The summed E-state index contributed by atoms with van der Waals surface area (Å²) in [6, 6.07) is 10.1. The number of fused-ring (bicyclic) bond motifs is 4. The number of nitrogens with zero attached hydrogens (tertiary/aromatic N) is 7. The van der Waals surface area contributed by atoms with Crippen LogP contribution < -0.4 is 5.36 Å². The van der Waals surface area contributed by atoms with Crippen molar-refractivity contribution >= 4 is 11.4 Å². The van der Waals surface area contributed by atoms with Crippen molar-refractivity contribution < 1.29 is 0 Å². The highest BCUT2D eigenvalue weighted by molar-refractivity contribution is 5.98. The number of dihydropyridines is 1. The van der Waals surface area contributed by atoms with Gasteiger partial charge in [0.05, 0.1) is 5.41 Å². The second kappa shape index (κ2) is 7.17. The normalized spacial score (nSPS) is 31.4. The van der Waals surface area contributed by atoms with Gasteiger partial charge in [0.25, 0.3) is 0 Å². The van der Waals surface area contributed by atoms with Crippen molar-refractivity contribution in [2.45, 2.75) is 65.1 Å². The van der Waals surface area contributed by atoms with Gasteiger partial charge in [-0.25, -0.2) is 0 Å². The van der Waals surface area contributed by atoms with E-state index in [0.29, 0.717) is 5.65 Å². The van der Waals surface area contributed by atoms with E-state index < -0.39 is 16.6 Å². The number of aromatic nitrogens is 4. The molecule has 0 spiro atoms. The van der Waals surface area contributed by atoms with Crippen molar-refractivity contribution in [2.75, 3.05) is 13.1 Å². The smallest absolute Gasteiger partial charge is 0.205 e. The van der Waals surface area contributed by atoms with E-state index in [4.69, 9.17) is 15.1 Å². The molecule has 0 saturated heterocycles. The lowest BCUT2D eigenvalue weighted by Crippen LogP contribution is -2.60. The van der Waals surface area contributed by atoms with Gasteiger partial charge in [0.1, 0.15) is 22.3 Å². The molecule has 2 aromatic heterocycles. The van der Waals surface area contributed by atoms with E-state index in [-0.39, 0.29) is 5.92 Å². The molecular formula is C28H33N7. The van der Waals surface area contributed by atoms with E-state index in [1.54, 1.807) is 0 Å². The van der Waals surface area contributed by atoms with Crippen molar-refractivity contribution in [3.05, 3.63) is 64.7 Å². The van der Waals surface area contributed by atoms with Gasteiger partial charge >= 0.3 is 0 Å². The molecular weight excluding hydrogens is 434 g/mol. The summed E-state index contributed by atoms with van der Waals surface area (Å²) in [6.07, 6.45) is 4.67. The molecule has 6 rings (SSSR count). The number of rotatable bonds is 4. The summed E-state index contributed by atoms with van der Waals surface area (Å²) in [5, 5.41) is 15.0. The van der Waals surface area contributed by atoms with Crippen LogP contribution in [0.15, 0.2) is 63.6 Å². The second-order valence-corrected chi connectivity index (χ2v) is 10.5. The monoisotopic (exact) mass is 467 g/mol. The molecule has 1 aromatic carbocycles. The summed E-state index contributed by atoms with van der Waals surface area (Å²) in [6.45, 7) is 17.5. The molecule has 0 bridgehead atoms. The number of hydrogen-bond donors (Lipinski definition) is 0. The predicted molar refractivity (Wildman–Crippen MR) is 138 cm³/mol. The molecule has 180 valence electrons. The number of likely N-dealkylation sites (N-methyl/N-ethyl adjacent to an activating group) is 1. The summed E-state index contributed by atoms with van der Waals surface area (Å²) < 4.78 is 1.87. The van der Waals surface area contributed by atoms with Crippen LogP contribution in [0.3, 0.4) is 0 Å². The standard InChI is InChI=1S/C28H33N7/c1-8-34(9-2)28(7)20-17(3)15-16-26(5)22(20)27(6,18(4)29-28)30-21-23(26)33-35-24(31-32-25(21)35)19-13-11-10-12-14-19/h10-17H,8-9H2,1-7H3. The van der Waals surface area contributed by atoms with E-state index in [0.717, 1.165) is 41.2 Å². The fourth-order valence-electron chi connectivity index (χ4n) is 6.77. The first-order valence-electron chi connectivity index (χ1n) is 12.7. The van der Waals surface area contributed by atoms with Crippen LogP contribution in [0, 0.1) is 5.92 Å². The third-order valence-electron chi connectivity index (χ3n) is 8.56. The maximum Gasteiger partial charge on any atom is 0.205 e. The molecule has 3 aliphatic rings. The number of aliphatic imine (C=N–C) groups is 1. The van der Waals surface area contributed by atoms with Crippen molar-refractivity contribution in [1.82, 2.24) is 24.7 Å². The molecule has 0 amide bonds. The van der Waals surface area contributed by atoms with E-state index in [1.807, 2.05) is 34.8 Å². The Kier molecular flexibility index (Phi) is 4.56. The van der Waals surface area contributed by atoms with E-state index in [1.165, 1.54) is 11.1 Å². The minimum Gasteiger partial charge on any atom is -0.277 e. The molecule has 4 unspecified atom stereocenters. The van der Waals surface area contributed by atoms with Gasteiger partial charge in [0, 0.05) is 11.3 Å². The first-order valence-corrected chi connectivity index (χ1v) is 12.7. The van der Waals surface area contributed by atoms with E-state index >= 15 is 0 Å². The van der Waals surface area contributed by atoms with Gasteiger partial charge in [-0.2, -0.15) is 9.61 Å². The number of benzene rings is 1. The Morgan fingerprint density at radius 3 is 2.40 bits per heavy atom. The van der Waals surface area contributed by atoms with Crippen molar-refractivity contribution in [3.63, 3.8) is 0 Å².